The summed E-state index contributed by atoms with van der Waals surface area (Å²) in [6.45, 7) is 3.51. The summed E-state index contributed by atoms with van der Waals surface area (Å²) in [4.78, 5) is 23.8. The van der Waals surface area contributed by atoms with Gasteiger partial charge in [-0.25, -0.2) is 0 Å². The number of hydrogen-bond donors (Lipinski definition) is 2. The number of primary amides is 1. The predicted molar refractivity (Wildman–Crippen MR) is 72.5 cm³/mol. The van der Waals surface area contributed by atoms with Crippen molar-refractivity contribution in [3.63, 3.8) is 0 Å². The molecular formula is C14H20N2O3. The highest BCUT2D eigenvalue weighted by molar-refractivity contribution is 5.95. The number of aromatic nitrogens is 1. The Hall–Kier alpha value is -1.78. The number of aromatic hydroxyl groups is 1. The summed E-state index contributed by atoms with van der Waals surface area (Å²) in [5.41, 5.74) is 5.75. The van der Waals surface area contributed by atoms with E-state index in [0.29, 0.717) is 5.56 Å². The smallest absolute Gasteiger partial charge is 0.267 e. The van der Waals surface area contributed by atoms with E-state index in [2.05, 4.69) is 0 Å². The first-order valence-corrected chi connectivity index (χ1v) is 6.69. The second-order valence-electron chi connectivity index (χ2n) is 5.27. The van der Waals surface area contributed by atoms with Crippen LogP contribution in [0.4, 0.5) is 0 Å². The molecule has 0 atom stereocenters. The van der Waals surface area contributed by atoms with Crippen LogP contribution in [0.1, 0.15) is 59.8 Å². The predicted octanol–water partition coefficient (Wildman–Crippen LogP) is 1.77. The standard InChI is InChI=1S/C14H20N2O3/c1-8-9(2)16(10-6-4-3-5-7-10)14(19)11(12(8)17)13(15)18/h10,17H,3-7H2,1-2H3,(H2,15,18). The van der Waals surface area contributed by atoms with Crippen molar-refractivity contribution in [2.75, 3.05) is 0 Å². The fourth-order valence-electron chi connectivity index (χ4n) is 2.91. The molecule has 5 nitrogen and oxygen atoms in total. The molecule has 3 N–H and O–H groups in total. The monoisotopic (exact) mass is 264 g/mol. The van der Waals surface area contributed by atoms with Gasteiger partial charge in [-0.15, -0.1) is 0 Å². The highest BCUT2D eigenvalue weighted by atomic mass is 16.3. The Balaban J connectivity index is 2.66. The van der Waals surface area contributed by atoms with E-state index in [4.69, 9.17) is 5.73 Å². The van der Waals surface area contributed by atoms with Crippen LogP contribution >= 0.6 is 0 Å². The zero-order valence-electron chi connectivity index (χ0n) is 11.4. The number of carbonyl (C=O) groups excluding carboxylic acids is 1. The molecule has 1 aliphatic rings. The van der Waals surface area contributed by atoms with Crippen LogP contribution < -0.4 is 11.3 Å². The molecular weight excluding hydrogens is 244 g/mol. The first-order valence-electron chi connectivity index (χ1n) is 6.69. The maximum Gasteiger partial charge on any atom is 0.267 e. The molecule has 2 rings (SSSR count). The number of nitrogens with two attached hydrogens (primary N) is 1. The van der Waals surface area contributed by atoms with Crippen molar-refractivity contribution >= 4 is 5.91 Å². The summed E-state index contributed by atoms with van der Waals surface area (Å²) in [6.07, 6.45) is 5.22. The van der Waals surface area contributed by atoms with E-state index in [-0.39, 0.29) is 17.4 Å². The first-order chi connectivity index (χ1) is 8.95. The molecule has 1 amide bonds. The van der Waals surface area contributed by atoms with Crippen LogP contribution in [0.5, 0.6) is 5.75 Å². The van der Waals surface area contributed by atoms with Crippen molar-refractivity contribution < 1.29 is 9.90 Å². The van der Waals surface area contributed by atoms with E-state index in [0.717, 1.165) is 31.4 Å². The average molecular weight is 264 g/mol. The number of amides is 1. The maximum atomic E-state index is 12.4. The average Bonchev–Trinajstić information content (AvgIpc) is 2.37. The lowest BCUT2D eigenvalue weighted by Gasteiger charge is -2.27. The van der Waals surface area contributed by atoms with E-state index in [1.54, 1.807) is 18.4 Å². The maximum absolute atomic E-state index is 12.4. The summed E-state index contributed by atoms with van der Waals surface area (Å²) < 4.78 is 1.65. The van der Waals surface area contributed by atoms with Gasteiger partial charge in [0, 0.05) is 17.3 Å². The van der Waals surface area contributed by atoms with E-state index in [9.17, 15) is 14.7 Å². The molecule has 1 aliphatic carbocycles. The van der Waals surface area contributed by atoms with Crippen LogP contribution in [-0.2, 0) is 0 Å². The van der Waals surface area contributed by atoms with Crippen molar-refractivity contribution in [2.45, 2.75) is 52.0 Å². The summed E-state index contributed by atoms with van der Waals surface area (Å²) in [7, 11) is 0. The summed E-state index contributed by atoms with van der Waals surface area (Å²) >= 11 is 0. The zero-order chi connectivity index (χ0) is 14.2. The lowest BCUT2D eigenvalue weighted by molar-refractivity contribution is 0.0995. The normalized spacial score (nSPS) is 16.5. The van der Waals surface area contributed by atoms with Gasteiger partial charge in [0.2, 0.25) is 0 Å². The molecule has 19 heavy (non-hydrogen) atoms. The second kappa shape index (κ2) is 5.07. The van der Waals surface area contributed by atoms with Gasteiger partial charge in [-0.3, -0.25) is 9.59 Å². The van der Waals surface area contributed by atoms with Gasteiger partial charge in [0.15, 0.2) is 0 Å². The molecule has 0 aliphatic heterocycles. The summed E-state index contributed by atoms with van der Waals surface area (Å²) in [5, 5.41) is 9.94. The molecule has 1 saturated carbocycles. The number of nitrogens with zero attached hydrogens (tertiary/aromatic N) is 1. The fraction of sp³-hybridized carbons (Fsp3) is 0.571. The Morgan fingerprint density at radius 3 is 2.37 bits per heavy atom. The molecule has 1 fully saturated rings. The Labute approximate surface area is 112 Å². The Morgan fingerprint density at radius 2 is 1.84 bits per heavy atom. The van der Waals surface area contributed by atoms with Crippen LogP contribution in [-0.4, -0.2) is 15.6 Å². The number of pyridine rings is 1. The Morgan fingerprint density at radius 1 is 1.26 bits per heavy atom. The molecule has 1 heterocycles. The van der Waals surface area contributed by atoms with Crippen molar-refractivity contribution in [1.29, 1.82) is 0 Å². The molecule has 1 aromatic rings. The minimum atomic E-state index is -0.866. The molecule has 1 aromatic heterocycles. The molecule has 0 spiro atoms. The molecule has 104 valence electrons. The highest BCUT2D eigenvalue weighted by Crippen LogP contribution is 2.31. The van der Waals surface area contributed by atoms with Gasteiger partial charge in [0.05, 0.1) is 0 Å². The Kier molecular flexibility index (Phi) is 3.64. The van der Waals surface area contributed by atoms with Gasteiger partial charge >= 0.3 is 0 Å². The quantitative estimate of drug-likeness (QED) is 0.853. The topological polar surface area (TPSA) is 85.3 Å². The third-order valence-electron chi connectivity index (χ3n) is 4.11. The summed E-state index contributed by atoms with van der Waals surface area (Å²) in [5.74, 6) is -1.14. The third kappa shape index (κ3) is 2.25. The summed E-state index contributed by atoms with van der Waals surface area (Å²) in [6, 6.07) is 0.110. The third-order valence-corrected chi connectivity index (χ3v) is 4.11. The largest absolute Gasteiger partial charge is 0.507 e. The molecule has 0 radical (unpaired) electrons. The van der Waals surface area contributed by atoms with Crippen molar-refractivity contribution in [3.8, 4) is 5.75 Å². The molecule has 0 saturated heterocycles. The van der Waals surface area contributed by atoms with Crippen LogP contribution in [0.2, 0.25) is 0 Å². The van der Waals surface area contributed by atoms with Crippen molar-refractivity contribution in [2.24, 2.45) is 5.73 Å². The van der Waals surface area contributed by atoms with Crippen LogP contribution in [0.3, 0.4) is 0 Å². The minimum Gasteiger partial charge on any atom is -0.507 e. The molecule has 0 unspecified atom stereocenters. The molecule has 0 aromatic carbocycles. The second-order valence-corrected chi connectivity index (χ2v) is 5.27. The van der Waals surface area contributed by atoms with E-state index in [1.807, 2.05) is 0 Å². The number of hydrogen-bond acceptors (Lipinski definition) is 3. The van der Waals surface area contributed by atoms with E-state index in [1.165, 1.54) is 6.42 Å². The number of carbonyl (C=O) groups is 1. The lowest BCUT2D eigenvalue weighted by atomic mass is 9.94. The SMILES string of the molecule is Cc1c(O)c(C(N)=O)c(=O)n(C2CCCCC2)c1C. The first kappa shape index (κ1) is 13.6. The van der Waals surface area contributed by atoms with Crippen LogP contribution in [0, 0.1) is 13.8 Å². The highest BCUT2D eigenvalue weighted by Gasteiger charge is 2.25. The molecule has 0 bridgehead atoms. The lowest BCUT2D eigenvalue weighted by Crippen LogP contribution is -2.34. The van der Waals surface area contributed by atoms with Gasteiger partial charge in [0.25, 0.3) is 11.5 Å². The van der Waals surface area contributed by atoms with Crippen LogP contribution in [0.25, 0.3) is 0 Å². The Bertz CT molecular complexity index is 569. The van der Waals surface area contributed by atoms with E-state index >= 15 is 0 Å². The molecule has 5 heteroatoms. The minimum absolute atomic E-state index is 0.110. The van der Waals surface area contributed by atoms with Gasteiger partial charge in [-0.2, -0.15) is 0 Å². The van der Waals surface area contributed by atoms with Crippen molar-refractivity contribution in [1.82, 2.24) is 4.57 Å². The number of rotatable bonds is 2. The van der Waals surface area contributed by atoms with Gasteiger partial charge in [-0.1, -0.05) is 19.3 Å². The van der Waals surface area contributed by atoms with Gasteiger partial charge in [-0.05, 0) is 26.7 Å². The fourth-order valence-corrected chi connectivity index (χ4v) is 2.91. The zero-order valence-corrected chi connectivity index (χ0v) is 11.4. The van der Waals surface area contributed by atoms with Gasteiger partial charge < -0.3 is 15.4 Å². The van der Waals surface area contributed by atoms with E-state index < -0.39 is 11.5 Å². The van der Waals surface area contributed by atoms with Crippen molar-refractivity contribution in [3.05, 3.63) is 27.2 Å². The van der Waals surface area contributed by atoms with Gasteiger partial charge in [0.1, 0.15) is 11.3 Å². The van der Waals surface area contributed by atoms with Crippen LogP contribution in [0.15, 0.2) is 4.79 Å².